The number of anilines is 1. The third-order valence-corrected chi connectivity index (χ3v) is 4.09. The van der Waals surface area contributed by atoms with Crippen LogP contribution in [0.3, 0.4) is 0 Å². The molecule has 20 heavy (non-hydrogen) atoms. The zero-order valence-electron chi connectivity index (χ0n) is 11.8. The molecule has 4 nitrogen and oxygen atoms in total. The van der Waals surface area contributed by atoms with Crippen molar-refractivity contribution < 1.29 is 4.74 Å². The summed E-state index contributed by atoms with van der Waals surface area (Å²) >= 11 is 0. The van der Waals surface area contributed by atoms with Gasteiger partial charge in [-0.3, -0.25) is 0 Å². The monoisotopic (exact) mass is 271 g/mol. The first-order valence-electron chi connectivity index (χ1n) is 7.21. The molecule has 0 aliphatic heterocycles. The van der Waals surface area contributed by atoms with Crippen molar-refractivity contribution >= 4 is 16.6 Å². The van der Waals surface area contributed by atoms with Crippen molar-refractivity contribution in [3.8, 4) is 5.75 Å². The molecule has 0 atom stereocenters. The lowest BCUT2D eigenvalue weighted by molar-refractivity contribution is 0.410. The highest BCUT2D eigenvalue weighted by Gasteiger charge is 2.19. The van der Waals surface area contributed by atoms with Crippen molar-refractivity contribution in [2.75, 3.05) is 12.4 Å². The largest absolute Gasteiger partial charge is 0.497 e. The molecule has 1 aromatic carbocycles. The number of nitrogens with one attached hydrogen (secondary N) is 1. The van der Waals surface area contributed by atoms with Crippen LogP contribution in [0.5, 0.6) is 5.75 Å². The summed E-state index contributed by atoms with van der Waals surface area (Å²) in [5.74, 6) is 1.81. The summed E-state index contributed by atoms with van der Waals surface area (Å²) in [4.78, 5) is 4.50. The number of benzene rings is 1. The third kappa shape index (κ3) is 2.70. The van der Waals surface area contributed by atoms with E-state index in [4.69, 9.17) is 10.5 Å². The molecule has 0 amide bonds. The van der Waals surface area contributed by atoms with Crippen molar-refractivity contribution in [2.24, 2.45) is 5.73 Å². The first kappa shape index (κ1) is 13.2. The summed E-state index contributed by atoms with van der Waals surface area (Å²) in [5, 5.41) is 5.86. The Morgan fingerprint density at radius 1 is 1.20 bits per heavy atom. The van der Waals surface area contributed by atoms with Gasteiger partial charge in [0, 0.05) is 23.7 Å². The van der Waals surface area contributed by atoms with Crippen molar-refractivity contribution in [1.82, 2.24) is 4.98 Å². The number of fused-ring (bicyclic) bond motifs is 1. The molecular formula is C16H21N3O. The van der Waals surface area contributed by atoms with Crippen LogP contribution < -0.4 is 15.8 Å². The molecule has 1 fully saturated rings. The smallest absolute Gasteiger partial charge is 0.134 e. The zero-order valence-corrected chi connectivity index (χ0v) is 11.8. The Morgan fingerprint density at radius 2 is 2.00 bits per heavy atom. The van der Waals surface area contributed by atoms with Gasteiger partial charge in [0.05, 0.1) is 7.11 Å². The minimum atomic E-state index is 0.369. The van der Waals surface area contributed by atoms with Gasteiger partial charge in [0.15, 0.2) is 0 Å². The van der Waals surface area contributed by atoms with Crippen LogP contribution in [0.15, 0.2) is 30.5 Å². The van der Waals surface area contributed by atoms with E-state index in [1.807, 2.05) is 24.4 Å². The molecule has 1 heterocycles. The van der Waals surface area contributed by atoms with Gasteiger partial charge in [-0.15, -0.1) is 0 Å². The maximum atomic E-state index is 5.96. The van der Waals surface area contributed by atoms with Crippen LogP contribution >= 0.6 is 0 Å². The number of nitrogens with two attached hydrogens (primary N) is 1. The Labute approximate surface area is 119 Å². The van der Waals surface area contributed by atoms with Crippen molar-refractivity contribution in [3.63, 3.8) is 0 Å². The quantitative estimate of drug-likeness (QED) is 0.901. The fourth-order valence-corrected chi connectivity index (χ4v) is 2.85. The second-order valence-corrected chi connectivity index (χ2v) is 5.50. The van der Waals surface area contributed by atoms with Crippen LogP contribution in [-0.2, 0) is 0 Å². The number of hydrogen-bond donors (Lipinski definition) is 2. The number of rotatable bonds is 3. The molecule has 3 rings (SSSR count). The Bertz CT molecular complexity index is 591. The Kier molecular flexibility index (Phi) is 3.74. The molecule has 3 N–H and O–H groups in total. The minimum Gasteiger partial charge on any atom is -0.497 e. The average Bonchev–Trinajstić information content (AvgIpc) is 2.49. The van der Waals surface area contributed by atoms with E-state index in [0.717, 1.165) is 42.6 Å². The van der Waals surface area contributed by atoms with Crippen LogP contribution in [0, 0.1) is 0 Å². The summed E-state index contributed by atoms with van der Waals surface area (Å²) in [6.07, 6.45) is 6.26. The van der Waals surface area contributed by atoms with Crippen molar-refractivity contribution in [2.45, 2.75) is 37.8 Å². The molecule has 0 radical (unpaired) electrons. The van der Waals surface area contributed by atoms with Crippen LogP contribution in [-0.4, -0.2) is 24.2 Å². The Balaban J connectivity index is 1.86. The van der Waals surface area contributed by atoms with Gasteiger partial charge < -0.3 is 15.8 Å². The number of hydrogen-bond acceptors (Lipinski definition) is 4. The topological polar surface area (TPSA) is 60.2 Å². The molecule has 0 spiro atoms. The van der Waals surface area contributed by atoms with E-state index in [0.29, 0.717) is 12.1 Å². The van der Waals surface area contributed by atoms with Gasteiger partial charge in [-0.25, -0.2) is 4.98 Å². The first-order valence-corrected chi connectivity index (χ1v) is 7.21. The molecule has 4 heteroatoms. The van der Waals surface area contributed by atoms with Crippen LogP contribution in [0.25, 0.3) is 10.8 Å². The minimum absolute atomic E-state index is 0.369. The number of nitrogens with zero attached hydrogens (tertiary/aromatic N) is 1. The van der Waals surface area contributed by atoms with Gasteiger partial charge in [0.1, 0.15) is 11.6 Å². The van der Waals surface area contributed by atoms with Crippen LogP contribution in [0.1, 0.15) is 25.7 Å². The van der Waals surface area contributed by atoms with E-state index in [1.54, 1.807) is 7.11 Å². The highest BCUT2D eigenvalue weighted by atomic mass is 16.5. The van der Waals surface area contributed by atoms with E-state index in [2.05, 4.69) is 16.4 Å². The third-order valence-electron chi connectivity index (χ3n) is 4.09. The van der Waals surface area contributed by atoms with Gasteiger partial charge in [-0.05, 0) is 49.3 Å². The molecule has 106 valence electrons. The predicted octanol–water partition coefficient (Wildman–Crippen LogP) is 2.93. The lowest BCUT2D eigenvalue weighted by atomic mass is 9.92. The maximum Gasteiger partial charge on any atom is 0.134 e. The molecule has 2 aromatic rings. The number of pyridine rings is 1. The van der Waals surface area contributed by atoms with Gasteiger partial charge in [-0.1, -0.05) is 6.07 Å². The number of methoxy groups -OCH3 is 1. The molecule has 0 unspecified atom stereocenters. The summed E-state index contributed by atoms with van der Waals surface area (Å²) in [6.45, 7) is 0. The summed E-state index contributed by atoms with van der Waals surface area (Å²) in [7, 11) is 1.69. The van der Waals surface area contributed by atoms with E-state index in [9.17, 15) is 0 Å². The second-order valence-electron chi connectivity index (χ2n) is 5.50. The summed E-state index contributed by atoms with van der Waals surface area (Å²) in [6, 6.07) is 8.95. The van der Waals surface area contributed by atoms with Crippen molar-refractivity contribution in [3.05, 3.63) is 30.5 Å². The van der Waals surface area contributed by atoms with Crippen molar-refractivity contribution in [1.29, 1.82) is 0 Å². The molecule has 0 saturated heterocycles. The highest BCUT2D eigenvalue weighted by molar-refractivity contribution is 5.92. The van der Waals surface area contributed by atoms with E-state index >= 15 is 0 Å². The zero-order chi connectivity index (χ0) is 13.9. The van der Waals surface area contributed by atoms with E-state index < -0.39 is 0 Å². The van der Waals surface area contributed by atoms with Gasteiger partial charge >= 0.3 is 0 Å². The number of ether oxygens (including phenoxy) is 1. The molecule has 0 bridgehead atoms. The molecule has 1 aliphatic rings. The number of aromatic nitrogens is 1. The molecule has 1 aromatic heterocycles. The normalized spacial score (nSPS) is 22.7. The fraction of sp³-hybridized carbons (Fsp3) is 0.438. The molecular weight excluding hydrogens is 250 g/mol. The lowest BCUT2D eigenvalue weighted by Crippen LogP contribution is -2.33. The van der Waals surface area contributed by atoms with Gasteiger partial charge in [0.25, 0.3) is 0 Å². The van der Waals surface area contributed by atoms with E-state index in [-0.39, 0.29) is 0 Å². The molecule has 1 aliphatic carbocycles. The highest BCUT2D eigenvalue weighted by Crippen LogP contribution is 2.28. The lowest BCUT2D eigenvalue weighted by Gasteiger charge is -2.27. The van der Waals surface area contributed by atoms with Gasteiger partial charge in [0.2, 0.25) is 0 Å². The van der Waals surface area contributed by atoms with E-state index in [1.165, 1.54) is 5.39 Å². The van der Waals surface area contributed by atoms with Gasteiger partial charge in [-0.2, -0.15) is 0 Å². The second kappa shape index (κ2) is 5.67. The molecule has 1 saturated carbocycles. The van der Waals surface area contributed by atoms with Crippen LogP contribution in [0.4, 0.5) is 5.82 Å². The Morgan fingerprint density at radius 3 is 2.75 bits per heavy atom. The summed E-state index contributed by atoms with van der Waals surface area (Å²) in [5.41, 5.74) is 5.96. The maximum absolute atomic E-state index is 5.96. The fourth-order valence-electron chi connectivity index (χ4n) is 2.85. The first-order chi connectivity index (χ1) is 9.76. The average molecular weight is 271 g/mol. The SMILES string of the molecule is COc1ccc2ccnc(NC3CCC(N)CC3)c2c1. The standard InChI is InChI=1S/C16H21N3O/c1-20-14-7-2-11-8-9-18-16(15(11)10-14)19-13-5-3-12(17)4-6-13/h2,7-10,12-13H,3-6,17H2,1H3,(H,18,19). The Hall–Kier alpha value is -1.81. The van der Waals surface area contributed by atoms with Crippen LogP contribution in [0.2, 0.25) is 0 Å². The predicted molar refractivity (Wildman–Crippen MR) is 82.1 cm³/mol. The summed E-state index contributed by atoms with van der Waals surface area (Å²) < 4.78 is 5.31.